The van der Waals surface area contributed by atoms with Crippen LogP contribution >= 0.6 is 0 Å². The van der Waals surface area contributed by atoms with Gasteiger partial charge in [0.05, 0.1) is 31.2 Å². The predicted molar refractivity (Wildman–Crippen MR) is 88.1 cm³/mol. The van der Waals surface area contributed by atoms with E-state index in [4.69, 9.17) is 0 Å². The first-order chi connectivity index (χ1) is 11.5. The maximum atomic E-state index is 12.5. The zero-order valence-corrected chi connectivity index (χ0v) is 14.1. The fourth-order valence-corrected chi connectivity index (χ4v) is 2.90. The lowest BCUT2D eigenvalue weighted by atomic mass is 9.97. The molecule has 24 heavy (non-hydrogen) atoms. The van der Waals surface area contributed by atoms with Crippen LogP contribution in [0.5, 0.6) is 0 Å². The van der Waals surface area contributed by atoms with Crippen LogP contribution in [0.2, 0.25) is 0 Å². The third-order valence-corrected chi connectivity index (χ3v) is 4.30. The summed E-state index contributed by atoms with van der Waals surface area (Å²) < 4.78 is 0. The number of hydrogen-bond donors (Lipinski definition) is 1. The molecule has 7 nitrogen and oxygen atoms in total. The van der Waals surface area contributed by atoms with Crippen molar-refractivity contribution in [3.63, 3.8) is 0 Å². The first-order valence-corrected chi connectivity index (χ1v) is 8.06. The maximum Gasteiger partial charge on any atom is 0.324 e. The minimum absolute atomic E-state index is 0.150. The minimum Gasteiger partial charge on any atom is -0.330 e. The van der Waals surface area contributed by atoms with Gasteiger partial charge in [-0.25, -0.2) is 4.79 Å². The summed E-state index contributed by atoms with van der Waals surface area (Å²) in [5.74, 6) is -0.197. The molecule has 0 saturated carbocycles. The van der Waals surface area contributed by atoms with Gasteiger partial charge < -0.3 is 5.32 Å². The Morgan fingerprint density at radius 1 is 1.21 bits per heavy atom. The molecule has 1 unspecified atom stereocenters. The van der Waals surface area contributed by atoms with Crippen molar-refractivity contribution >= 4 is 11.9 Å². The molecule has 1 aromatic heterocycles. The molecular formula is C17H21N5O2. The number of amides is 3. The van der Waals surface area contributed by atoms with Crippen molar-refractivity contribution in [3.05, 3.63) is 46.8 Å². The average molecular weight is 327 g/mol. The number of aromatic nitrogens is 3. The maximum absolute atomic E-state index is 12.5. The van der Waals surface area contributed by atoms with Crippen LogP contribution in [0, 0.1) is 13.8 Å². The molecule has 1 atom stereocenters. The van der Waals surface area contributed by atoms with Crippen LogP contribution in [-0.2, 0) is 17.9 Å². The number of urea groups is 1. The molecule has 0 bridgehead atoms. The SMILES string of the molecule is CCn1nc(C)c(CN2C(=O)CC(c3ccccc3C)NC2=O)n1. The number of benzene rings is 1. The van der Waals surface area contributed by atoms with Gasteiger partial charge in [0.25, 0.3) is 0 Å². The van der Waals surface area contributed by atoms with Crippen LogP contribution in [-0.4, -0.2) is 31.8 Å². The molecule has 1 aromatic carbocycles. The summed E-state index contributed by atoms with van der Waals surface area (Å²) in [6, 6.07) is 7.11. The van der Waals surface area contributed by atoms with Gasteiger partial charge in [0.1, 0.15) is 5.69 Å². The van der Waals surface area contributed by atoms with E-state index >= 15 is 0 Å². The fourth-order valence-electron chi connectivity index (χ4n) is 2.90. The van der Waals surface area contributed by atoms with E-state index in [0.717, 1.165) is 16.8 Å². The van der Waals surface area contributed by atoms with Gasteiger partial charge in [-0.15, -0.1) is 0 Å². The summed E-state index contributed by atoms with van der Waals surface area (Å²) in [5, 5.41) is 11.5. The summed E-state index contributed by atoms with van der Waals surface area (Å²) >= 11 is 0. The van der Waals surface area contributed by atoms with E-state index in [1.54, 1.807) is 4.80 Å². The molecule has 3 amide bonds. The Morgan fingerprint density at radius 3 is 2.58 bits per heavy atom. The van der Waals surface area contributed by atoms with Crippen molar-refractivity contribution in [2.24, 2.45) is 0 Å². The Morgan fingerprint density at radius 2 is 1.96 bits per heavy atom. The van der Waals surface area contributed by atoms with Crippen LogP contribution in [0.1, 0.15) is 41.9 Å². The molecule has 1 saturated heterocycles. The van der Waals surface area contributed by atoms with Crippen LogP contribution in [0.15, 0.2) is 24.3 Å². The van der Waals surface area contributed by atoms with Gasteiger partial charge >= 0.3 is 6.03 Å². The first kappa shape index (κ1) is 16.2. The number of imide groups is 1. The largest absolute Gasteiger partial charge is 0.330 e. The van der Waals surface area contributed by atoms with Gasteiger partial charge in [-0.1, -0.05) is 24.3 Å². The van der Waals surface area contributed by atoms with Crippen LogP contribution in [0.3, 0.4) is 0 Å². The highest BCUT2D eigenvalue weighted by Crippen LogP contribution is 2.25. The van der Waals surface area contributed by atoms with Crippen molar-refractivity contribution in [2.75, 3.05) is 0 Å². The molecule has 1 N–H and O–H groups in total. The highest BCUT2D eigenvalue weighted by Gasteiger charge is 2.34. The standard InChI is InChI=1S/C17H21N5O2/c1-4-22-19-12(3)15(20-22)10-21-16(23)9-14(18-17(21)24)13-8-6-5-7-11(13)2/h5-8,14H,4,9-10H2,1-3H3,(H,18,24). The molecule has 1 fully saturated rings. The Bertz CT molecular complexity index is 765. The number of aryl methyl sites for hydroxylation is 3. The third kappa shape index (κ3) is 3.02. The number of rotatable bonds is 4. The van der Waals surface area contributed by atoms with E-state index in [1.807, 2.05) is 45.0 Å². The molecule has 1 aliphatic rings. The average Bonchev–Trinajstić information content (AvgIpc) is 2.91. The van der Waals surface area contributed by atoms with Crippen LogP contribution in [0.25, 0.3) is 0 Å². The van der Waals surface area contributed by atoms with E-state index in [9.17, 15) is 9.59 Å². The molecule has 0 spiro atoms. The van der Waals surface area contributed by atoms with Crippen molar-refractivity contribution < 1.29 is 9.59 Å². The van der Waals surface area contributed by atoms with Gasteiger partial charge in [-0.3, -0.25) is 9.69 Å². The Balaban J connectivity index is 1.77. The molecule has 2 heterocycles. The molecule has 0 radical (unpaired) electrons. The van der Waals surface area contributed by atoms with E-state index in [2.05, 4.69) is 15.5 Å². The highest BCUT2D eigenvalue weighted by atomic mass is 16.2. The summed E-state index contributed by atoms with van der Waals surface area (Å²) in [4.78, 5) is 27.7. The normalized spacial score (nSPS) is 18.0. The van der Waals surface area contributed by atoms with Gasteiger partial charge in [0.2, 0.25) is 5.91 Å². The van der Waals surface area contributed by atoms with E-state index in [1.165, 1.54) is 4.90 Å². The lowest BCUT2D eigenvalue weighted by molar-refractivity contribution is -0.130. The fraction of sp³-hybridized carbons (Fsp3) is 0.412. The minimum atomic E-state index is -0.384. The summed E-state index contributed by atoms with van der Waals surface area (Å²) in [6.45, 7) is 6.55. The Labute approximate surface area is 140 Å². The van der Waals surface area contributed by atoms with Gasteiger partial charge in [0, 0.05) is 0 Å². The molecule has 126 valence electrons. The number of hydrogen-bond acceptors (Lipinski definition) is 4. The second-order valence-corrected chi connectivity index (χ2v) is 5.96. The number of carbonyl (C=O) groups is 2. The van der Waals surface area contributed by atoms with Gasteiger partial charge in [-0.05, 0) is 31.9 Å². The summed E-state index contributed by atoms with van der Waals surface area (Å²) in [5.41, 5.74) is 3.42. The van der Waals surface area contributed by atoms with Crippen molar-refractivity contribution in [2.45, 2.75) is 46.3 Å². The topological polar surface area (TPSA) is 80.1 Å². The molecule has 0 aliphatic carbocycles. The van der Waals surface area contributed by atoms with Crippen LogP contribution < -0.4 is 5.32 Å². The number of carbonyl (C=O) groups excluding carboxylic acids is 2. The smallest absolute Gasteiger partial charge is 0.324 e. The lowest BCUT2D eigenvalue weighted by Crippen LogP contribution is -2.51. The monoisotopic (exact) mass is 327 g/mol. The first-order valence-electron chi connectivity index (χ1n) is 8.06. The molecule has 7 heteroatoms. The predicted octanol–water partition coefficient (Wildman–Crippen LogP) is 2.10. The highest BCUT2D eigenvalue weighted by molar-refractivity contribution is 5.97. The zero-order chi connectivity index (χ0) is 17.3. The van der Waals surface area contributed by atoms with Gasteiger partial charge in [0.15, 0.2) is 0 Å². The van der Waals surface area contributed by atoms with E-state index < -0.39 is 0 Å². The van der Waals surface area contributed by atoms with E-state index in [0.29, 0.717) is 12.2 Å². The Kier molecular flexibility index (Phi) is 4.33. The molecule has 2 aromatic rings. The zero-order valence-electron chi connectivity index (χ0n) is 14.1. The third-order valence-electron chi connectivity index (χ3n) is 4.30. The molecule has 3 rings (SSSR count). The summed E-state index contributed by atoms with van der Waals surface area (Å²) in [7, 11) is 0. The van der Waals surface area contributed by atoms with Crippen molar-refractivity contribution in [3.8, 4) is 0 Å². The van der Waals surface area contributed by atoms with E-state index in [-0.39, 0.29) is 30.9 Å². The second-order valence-electron chi connectivity index (χ2n) is 5.96. The Hall–Kier alpha value is -2.70. The number of nitrogens with zero attached hydrogens (tertiary/aromatic N) is 4. The van der Waals surface area contributed by atoms with Crippen molar-refractivity contribution in [1.82, 2.24) is 25.2 Å². The van der Waals surface area contributed by atoms with Gasteiger partial charge in [-0.2, -0.15) is 15.0 Å². The number of nitrogens with one attached hydrogen (secondary N) is 1. The quantitative estimate of drug-likeness (QED) is 0.932. The lowest BCUT2D eigenvalue weighted by Gasteiger charge is -2.31. The molecule has 1 aliphatic heterocycles. The summed E-state index contributed by atoms with van der Waals surface area (Å²) in [6.07, 6.45) is 0.248. The second kappa shape index (κ2) is 6.43. The van der Waals surface area contributed by atoms with Crippen LogP contribution in [0.4, 0.5) is 4.79 Å². The molecular weight excluding hydrogens is 306 g/mol. The van der Waals surface area contributed by atoms with Crippen molar-refractivity contribution in [1.29, 1.82) is 0 Å².